The molecular formula is C6H6BrNOS. The van der Waals surface area contributed by atoms with Crippen molar-refractivity contribution in [2.45, 2.75) is 0 Å². The van der Waals surface area contributed by atoms with Crippen LogP contribution in [-0.4, -0.2) is 11.9 Å². The van der Waals surface area contributed by atoms with Gasteiger partial charge in [0, 0.05) is 23.0 Å². The van der Waals surface area contributed by atoms with E-state index in [2.05, 4.69) is 15.9 Å². The van der Waals surface area contributed by atoms with Crippen LogP contribution in [-0.2, 0) is 0 Å². The van der Waals surface area contributed by atoms with Gasteiger partial charge in [0.05, 0.1) is 5.00 Å². The molecule has 1 heterocycles. The van der Waals surface area contributed by atoms with Crippen molar-refractivity contribution in [2.24, 2.45) is 0 Å². The van der Waals surface area contributed by atoms with Crippen molar-refractivity contribution in [3.05, 3.63) is 17.5 Å². The molecule has 0 radical (unpaired) electrons. The monoisotopic (exact) mass is 219 g/mol. The van der Waals surface area contributed by atoms with Crippen molar-refractivity contribution in [3.8, 4) is 0 Å². The maximum Gasteiger partial charge on any atom is 0.294 e. The minimum Gasteiger partial charge on any atom is -0.297 e. The van der Waals surface area contributed by atoms with E-state index in [1.54, 1.807) is 11.9 Å². The van der Waals surface area contributed by atoms with Gasteiger partial charge in [-0.05, 0) is 17.5 Å². The van der Waals surface area contributed by atoms with E-state index < -0.39 is 0 Å². The second-order valence-corrected chi connectivity index (χ2v) is 3.37. The number of amides is 1. The van der Waals surface area contributed by atoms with Crippen molar-refractivity contribution in [1.29, 1.82) is 0 Å². The Hall–Kier alpha value is -0.350. The molecule has 0 aromatic carbocycles. The molecule has 0 saturated heterocycles. The molecule has 0 N–H and O–H groups in total. The highest BCUT2D eigenvalue weighted by atomic mass is 79.9. The molecule has 0 fully saturated rings. The van der Waals surface area contributed by atoms with Crippen LogP contribution in [0.3, 0.4) is 0 Å². The van der Waals surface area contributed by atoms with E-state index >= 15 is 0 Å². The second-order valence-electron chi connectivity index (χ2n) is 1.76. The second kappa shape index (κ2) is 3.16. The van der Waals surface area contributed by atoms with E-state index in [1.165, 1.54) is 11.3 Å². The Balaban J connectivity index is 2.77. The van der Waals surface area contributed by atoms with E-state index in [0.29, 0.717) is 0 Å². The number of hydrogen-bond acceptors (Lipinski definition) is 2. The van der Waals surface area contributed by atoms with E-state index in [1.807, 2.05) is 17.5 Å². The van der Waals surface area contributed by atoms with Crippen molar-refractivity contribution in [2.75, 3.05) is 11.9 Å². The van der Waals surface area contributed by atoms with Gasteiger partial charge in [-0.3, -0.25) is 9.69 Å². The van der Waals surface area contributed by atoms with Crippen LogP contribution in [0.5, 0.6) is 0 Å². The zero-order chi connectivity index (χ0) is 7.56. The summed E-state index contributed by atoms with van der Waals surface area (Å²) in [6.45, 7) is 0. The fourth-order valence-corrected chi connectivity index (χ4v) is 1.55. The summed E-state index contributed by atoms with van der Waals surface area (Å²) in [6.07, 6.45) is 0. The fourth-order valence-electron chi connectivity index (χ4n) is 0.547. The predicted octanol–water partition coefficient (Wildman–Crippen LogP) is 2.70. The van der Waals surface area contributed by atoms with Crippen LogP contribution in [0.25, 0.3) is 0 Å². The van der Waals surface area contributed by atoms with Gasteiger partial charge in [-0.15, -0.1) is 11.3 Å². The van der Waals surface area contributed by atoms with Crippen molar-refractivity contribution in [3.63, 3.8) is 0 Å². The summed E-state index contributed by atoms with van der Waals surface area (Å²) in [5, 5.41) is 2.88. The van der Waals surface area contributed by atoms with Gasteiger partial charge in [0.1, 0.15) is 0 Å². The molecule has 0 unspecified atom stereocenters. The third-order valence-electron chi connectivity index (χ3n) is 1.10. The molecule has 0 bridgehead atoms. The first-order valence-corrected chi connectivity index (χ1v) is 4.36. The number of halogens is 1. The maximum absolute atomic E-state index is 10.7. The zero-order valence-electron chi connectivity index (χ0n) is 5.37. The number of carbonyl (C=O) groups is 1. The Kier molecular flexibility index (Phi) is 2.45. The Labute approximate surface area is 71.6 Å². The number of rotatable bonds is 1. The number of anilines is 1. The molecule has 0 atom stereocenters. The fraction of sp³-hybridized carbons (Fsp3) is 0.167. The van der Waals surface area contributed by atoms with Crippen LogP contribution < -0.4 is 4.90 Å². The van der Waals surface area contributed by atoms with Crippen LogP contribution >= 0.6 is 27.3 Å². The van der Waals surface area contributed by atoms with Crippen LogP contribution in [0.15, 0.2) is 17.5 Å². The van der Waals surface area contributed by atoms with Crippen LogP contribution in [0.2, 0.25) is 0 Å². The maximum atomic E-state index is 10.7. The number of hydrogen-bond donors (Lipinski definition) is 0. The van der Waals surface area contributed by atoms with Crippen LogP contribution in [0.4, 0.5) is 9.80 Å². The minimum absolute atomic E-state index is 0.116. The molecule has 0 aliphatic heterocycles. The van der Waals surface area contributed by atoms with Crippen molar-refractivity contribution in [1.82, 2.24) is 0 Å². The van der Waals surface area contributed by atoms with Gasteiger partial charge in [-0.25, -0.2) is 0 Å². The van der Waals surface area contributed by atoms with Gasteiger partial charge >= 0.3 is 0 Å². The van der Waals surface area contributed by atoms with Gasteiger partial charge in [0.15, 0.2) is 0 Å². The molecule has 1 aromatic rings. The molecule has 1 aromatic heterocycles. The smallest absolute Gasteiger partial charge is 0.294 e. The first-order valence-electron chi connectivity index (χ1n) is 2.68. The molecular weight excluding hydrogens is 214 g/mol. The number of carbonyl (C=O) groups excluding carboxylic acids is 1. The summed E-state index contributed by atoms with van der Waals surface area (Å²) in [6, 6.07) is 3.80. The largest absolute Gasteiger partial charge is 0.297 e. The summed E-state index contributed by atoms with van der Waals surface area (Å²) >= 11 is 4.39. The minimum atomic E-state index is -0.116. The van der Waals surface area contributed by atoms with E-state index in [9.17, 15) is 4.79 Å². The lowest BCUT2D eigenvalue weighted by Crippen LogP contribution is -2.17. The first kappa shape index (κ1) is 7.75. The highest BCUT2D eigenvalue weighted by Gasteiger charge is 2.05. The summed E-state index contributed by atoms with van der Waals surface area (Å²) in [5.41, 5.74) is 0. The van der Waals surface area contributed by atoms with E-state index in [0.717, 1.165) is 5.00 Å². The molecule has 10 heavy (non-hydrogen) atoms. The Morgan fingerprint density at radius 2 is 2.50 bits per heavy atom. The van der Waals surface area contributed by atoms with Crippen LogP contribution in [0, 0.1) is 0 Å². The quantitative estimate of drug-likeness (QED) is 0.526. The standard InChI is InChI=1S/C6H6BrNOS/c1-8(6(7)9)5-3-2-4-10-5/h2-4H,1H3. The third-order valence-corrected chi connectivity index (χ3v) is 2.58. The Bertz CT molecular complexity index is 222. The summed E-state index contributed by atoms with van der Waals surface area (Å²) in [7, 11) is 1.73. The molecule has 4 heteroatoms. The molecule has 0 aliphatic rings. The summed E-state index contributed by atoms with van der Waals surface area (Å²) in [5.74, 6) is 0. The van der Waals surface area contributed by atoms with E-state index in [4.69, 9.17) is 0 Å². The molecule has 0 saturated carbocycles. The van der Waals surface area contributed by atoms with Gasteiger partial charge in [0.25, 0.3) is 4.82 Å². The van der Waals surface area contributed by atoms with Gasteiger partial charge in [0.2, 0.25) is 0 Å². The lowest BCUT2D eigenvalue weighted by atomic mass is 10.6. The topological polar surface area (TPSA) is 20.3 Å². The molecule has 0 spiro atoms. The normalized spacial score (nSPS) is 9.40. The van der Waals surface area contributed by atoms with Gasteiger partial charge < -0.3 is 0 Å². The lowest BCUT2D eigenvalue weighted by molar-refractivity contribution is 0.267. The van der Waals surface area contributed by atoms with Gasteiger partial charge in [-0.2, -0.15) is 0 Å². The summed E-state index contributed by atoms with van der Waals surface area (Å²) < 4.78 is 0. The van der Waals surface area contributed by atoms with E-state index in [-0.39, 0.29) is 4.82 Å². The highest BCUT2D eigenvalue weighted by molar-refractivity contribution is 9.18. The molecule has 1 amide bonds. The SMILES string of the molecule is CN(C(=O)Br)c1cccs1. The molecule has 0 aliphatic carbocycles. The summed E-state index contributed by atoms with van der Waals surface area (Å²) in [4.78, 5) is 12.1. The van der Waals surface area contributed by atoms with Crippen LogP contribution in [0.1, 0.15) is 0 Å². The zero-order valence-corrected chi connectivity index (χ0v) is 7.78. The third kappa shape index (κ3) is 1.58. The predicted molar refractivity (Wildman–Crippen MR) is 47.0 cm³/mol. The molecule has 1 rings (SSSR count). The lowest BCUT2D eigenvalue weighted by Gasteiger charge is -2.08. The average Bonchev–Trinajstić information content (AvgIpc) is 2.36. The Morgan fingerprint density at radius 3 is 2.90 bits per heavy atom. The van der Waals surface area contributed by atoms with Gasteiger partial charge in [-0.1, -0.05) is 0 Å². The highest BCUT2D eigenvalue weighted by Crippen LogP contribution is 2.20. The molecule has 54 valence electrons. The number of nitrogens with zero attached hydrogens (tertiary/aromatic N) is 1. The van der Waals surface area contributed by atoms with Crippen molar-refractivity contribution < 1.29 is 4.79 Å². The number of thiophene rings is 1. The first-order chi connectivity index (χ1) is 4.72. The van der Waals surface area contributed by atoms with Crippen molar-refractivity contribution >= 4 is 37.1 Å². The average molecular weight is 220 g/mol. The Morgan fingerprint density at radius 1 is 1.80 bits per heavy atom. The molecule has 2 nitrogen and oxygen atoms in total.